The van der Waals surface area contributed by atoms with Crippen LogP contribution in [0.25, 0.3) is 0 Å². The molecule has 2 atom stereocenters. The van der Waals surface area contributed by atoms with Gasteiger partial charge in [0.25, 0.3) is 0 Å². The molecule has 0 radical (unpaired) electrons. The molecule has 0 aliphatic carbocycles. The molecule has 2 aliphatic heterocycles. The van der Waals surface area contributed by atoms with Gasteiger partial charge in [-0.05, 0) is 38.8 Å². The lowest BCUT2D eigenvalue weighted by Gasteiger charge is -2.24. The van der Waals surface area contributed by atoms with Gasteiger partial charge in [0.1, 0.15) is 5.82 Å². The summed E-state index contributed by atoms with van der Waals surface area (Å²) >= 11 is 0. The van der Waals surface area contributed by atoms with E-state index in [4.69, 9.17) is 0 Å². The van der Waals surface area contributed by atoms with Crippen molar-refractivity contribution in [3.63, 3.8) is 0 Å². The summed E-state index contributed by atoms with van der Waals surface area (Å²) in [5.74, 6) is 2.43. The first-order chi connectivity index (χ1) is 8.76. The second-order valence-electron chi connectivity index (χ2n) is 5.98. The number of imidazole rings is 1. The topological polar surface area (TPSA) is 41.3 Å². The van der Waals surface area contributed by atoms with E-state index >= 15 is 0 Å². The third kappa shape index (κ3) is 2.31. The molecule has 4 heteroatoms. The normalized spacial score (nSPS) is 28.6. The summed E-state index contributed by atoms with van der Waals surface area (Å²) in [7, 11) is 2.20. The number of aliphatic hydroxyl groups excluding tert-OH is 1. The average molecular weight is 249 g/mol. The molecule has 0 bridgehead atoms. The molecule has 100 valence electrons. The van der Waals surface area contributed by atoms with Crippen LogP contribution in [0.15, 0.2) is 6.20 Å². The smallest absolute Gasteiger partial charge is 0.109 e. The summed E-state index contributed by atoms with van der Waals surface area (Å²) in [4.78, 5) is 7.02. The van der Waals surface area contributed by atoms with E-state index in [1.54, 1.807) is 0 Å². The monoisotopic (exact) mass is 249 g/mol. The van der Waals surface area contributed by atoms with E-state index in [-0.39, 0.29) is 0 Å². The third-order valence-electron chi connectivity index (χ3n) is 4.49. The van der Waals surface area contributed by atoms with Gasteiger partial charge in [0.15, 0.2) is 0 Å². The number of fused-ring (bicyclic) bond motifs is 1. The fourth-order valence-corrected chi connectivity index (χ4v) is 3.34. The Morgan fingerprint density at radius 3 is 2.94 bits per heavy atom. The number of hydrogen-bond acceptors (Lipinski definition) is 3. The van der Waals surface area contributed by atoms with E-state index in [2.05, 4.69) is 21.5 Å². The quantitative estimate of drug-likeness (QED) is 0.866. The molecule has 1 N–H and O–H groups in total. The zero-order valence-corrected chi connectivity index (χ0v) is 11.2. The fourth-order valence-electron chi connectivity index (χ4n) is 3.34. The molecule has 1 fully saturated rings. The Bertz CT molecular complexity index is 415. The van der Waals surface area contributed by atoms with Gasteiger partial charge in [-0.1, -0.05) is 0 Å². The van der Waals surface area contributed by atoms with Gasteiger partial charge in [-0.25, -0.2) is 4.98 Å². The van der Waals surface area contributed by atoms with Crippen LogP contribution in [0, 0.1) is 11.8 Å². The lowest BCUT2D eigenvalue weighted by molar-refractivity contribution is 0.190. The molecule has 1 saturated heterocycles. The Labute approximate surface area is 109 Å². The second kappa shape index (κ2) is 5.02. The summed E-state index contributed by atoms with van der Waals surface area (Å²) in [5.41, 5.74) is 1.36. The molecule has 2 aliphatic rings. The van der Waals surface area contributed by atoms with Crippen LogP contribution in [0.2, 0.25) is 0 Å². The van der Waals surface area contributed by atoms with Gasteiger partial charge in [0.2, 0.25) is 0 Å². The van der Waals surface area contributed by atoms with Crippen molar-refractivity contribution in [3.8, 4) is 0 Å². The van der Waals surface area contributed by atoms with Crippen LogP contribution in [0.4, 0.5) is 0 Å². The lowest BCUT2D eigenvalue weighted by Crippen LogP contribution is -2.25. The van der Waals surface area contributed by atoms with E-state index < -0.39 is 0 Å². The highest BCUT2D eigenvalue weighted by atomic mass is 16.3. The molecule has 18 heavy (non-hydrogen) atoms. The minimum absolute atomic E-state index is 0.309. The maximum atomic E-state index is 9.32. The molecule has 3 heterocycles. The van der Waals surface area contributed by atoms with Gasteiger partial charge in [-0.15, -0.1) is 0 Å². The summed E-state index contributed by atoms with van der Waals surface area (Å²) in [6, 6.07) is 0. The highest BCUT2D eigenvalue weighted by Crippen LogP contribution is 2.24. The number of nitrogens with zero attached hydrogens (tertiary/aromatic N) is 3. The first kappa shape index (κ1) is 12.2. The van der Waals surface area contributed by atoms with E-state index in [9.17, 15) is 5.11 Å². The fraction of sp³-hybridized carbons (Fsp3) is 0.786. The van der Waals surface area contributed by atoms with Crippen LogP contribution in [-0.4, -0.2) is 46.3 Å². The first-order valence-corrected chi connectivity index (χ1v) is 7.09. The van der Waals surface area contributed by atoms with Gasteiger partial charge in [-0.3, -0.25) is 0 Å². The molecule has 1 aromatic rings. The predicted octanol–water partition coefficient (Wildman–Crippen LogP) is 0.932. The highest BCUT2D eigenvalue weighted by molar-refractivity contribution is 5.09. The molecule has 0 spiro atoms. The van der Waals surface area contributed by atoms with Crippen LogP contribution < -0.4 is 0 Å². The molecule has 0 saturated carbocycles. The van der Waals surface area contributed by atoms with Gasteiger partial charge < -0.3 is 14.6 Å². The van der Waals surface area contributed by atoms with Crippen molar-refractivity contribution in [1.82, 2.24) is 14.5 Å². The van der Waals surface area contributed by atoms with Crippen LogP contribution in [0.1, 0.15) is 24.4 Å². The summed E-state index contributed by atoms with van der Waals surface area (Å²) in [6.45, 7) is 3.69. The SMILES string of the molecule is CN1CCC(Cc2ncc3n2CC(CO)CC3)C1. The average Bonchev–Trinajstić information content (AvgIpc) is 2.96. The summed E-state index contributed by atoms with van der Waals surface area (Å²) < 4.78 is 2.36. The zero-order chi connectivity index (χ0) is 12.5. The molecule has 2 unspecified atom stereocenters. The first-order valence-electron chi connectivity index (χ1n) is 7.09. The zero-order valence-electron chi connectivity index (χ0n) is 11.2. The molecule has 1 aromatic heterocycles. The van der Waals surface area contributed by atoms with E-state index in [1.165, 1.54) is 31.0 Å². The van der Waals surface area contributed by atoms with Crippen molar-refractivity contribution in [1.29, 1.82) is 0 Å². The lowest BCUT2D eigenvalue weighted by atomic mass is 9.98. The number of hydrogen-bond donors (Lipinski definition) is 1. The molecular formula is C14H23N3O. The maximum Gasteiger partial charge on any atom is 0.109 e. The Hall–Kier alpha value is -0.870. The Balaban J connectivity index is 1.72. The van der Waals surface area contributed by atoms with Crippen molar-refractivity contribution in [2.45, 2.75) is 32.2 Å². The molecular weight excluding hydrogens is 226 g/mol. The van der Waals surface area contributed by atoms with Gasteiger partial charge in [-0.2, -0.15) is 0 Å². The number of aryl methyl sites for hydroxylation is 1. The minimum Gasteiger partial charge on any atom is -0.396 e. The van der Waals surface area contributed by atoms with E-state index in [1.807, 2.05) is 6.20 Å². The molecule has 0 aromatic carbocycles. The van der Waals surface area contributed by atoms with E-state index in [0.717, 1.165) is 31.7 Å². The number of likely N-dealkylation sites (tertiary alicyclic amines) is 1. The van der Waals surface area contributed by atoms with Crippen LogP contribution in [0.5, 0.6) is 0 Å². The van der Waals surface area contributed by atoms with Gasteiger partial charge in [0.05, 0.1) is 0 Å². The van der Waals surface area contributed by atoms with Crippen LogP contribution in [-0.2, 0) is 19.4 Å². The van der Waals surface area contributed by atoms with Crippen molar-refractivity contribution in [2.75, 3.05) is 26.7 Å². The Morgan fingerprint density at radius 1 is 1.33 bits per heavy atom. The number of rotatable bonds is 3. The standard InChI is InChI=1S/C14H23N3O/c1-16-5-4-11(8-16)6-14-15-7-13-3-2-12(10-18)9-17(13)14/h7,11-12,18H,2-6,8-10H2,1H3. The maximum absolute atomic E-state index is 9.32. The minimum atomic E-state index is 0.309. The number of aromatic nitrogens is 2. The Morgan fingerprint density at radius 2 is 2.22 bits per heavy atom. The summed E-state index contributed by atoms with van der Waals surface area (Å²) in [6.07, 6.45) is 6.61. The van der Waals surface area contributed by atoms with Crippen LogP contribution in [0.3, 0.4) is 0 Å². The molecule has 3 rings (SSSR count). The van der Waals surface area contributed by atoms with Crippen molar-refractivity contribution >= 4 is 0 Å². The van der Waals surface area contributed by atoms with Gasteiger partial charge >= 0.3 is 0 Å². The Kier molecular flexibility index (Phi) is 3.39. The number of aliphatic hydroxyl groups is 1. The third-order valence-corrected chi connectivity index (χ3v) is 4.49. The largest absolute Gasteiger partial charge is 0.396 e. The van der Waals surface area contributed by atoms with Gasteiger partial charge in [0, 0.05) is 43.9 Å². The highest BCUT2D eigenvalue weighted by Gasteiger charge is 2.25. The van der Waals surface area contributed by atoms with E-state index in [0.29, 0.717) is 12.5 Å². The molecule has 4 nitrogen and oxygen atoms in total. The van der Waals surface area contributed by atoms with Crippen molar-refractivity contribution in [2.24, 2.45) is 11.8 Å². The van der Waals surface area contributed by atoms with Crippen molar-refractivity contribution < 1.29 is 5.11 Å². The molecule has 0 amide bonds. The second-order valence-corrected chi connectivity index (χ2v) is 5.98. The van der Waals surface area contributed by atoms with Crippen molar-refractivity contribution in [3.05, 3.63) is 17.7 Å². The van der Waals surface area contributed by atoms with Crippen LogP contribution >= 0.6 is 0 Å². The summed E-state index contributed by atoms with van der Waals surface area (Å²) in [5, 5.41) is 9.32. The predicted molar refractivity (Wildman–Crippen MR) is 70.4 cm³/mol.